The van der Waals surface area contributed by atoms with Crippen LogP contribution in [0, 0.1) is 6.92 Å². The number of imidazole rings is 1. The lowest BCUT2D eigenvalue weighted by molar-refractivity contribution is 0.0695. The van der Waals surface area contributed by atoms with Crippen molar-refractivity contribution in [1.82, 2.24) is 9.55 Å². The van der Waals surface area contributed by atoms with Gasteiger partial charge in [-0.05, 0) is 25.5 Å². The van der Waals surface area contributed by atoms with Gasteiger partial charge in [0.25, 0.3) is 0 Å². The van der Waals surface area contributed by atoms with E-state index in [0.29, 0.717) is 17.9 Å². The van der Waals surface area contributed by atoms with Gasteiger partial charge in [0, 0.05) is 12.1 Å². The summed E-state index contributed by atoms with van der Waals surface area (Å²) in [6.07, 6.45) is 4.58. The molecule has 1 heterocycles. The van der Waals surface area contributed by atoms with Crippen molar-refractivity contribution >= 4 is 5.97 Å². The summed E-state index contributed by atoms with van der Waals surface area (Å²) >= 11 is 0. The molecule has 1 aromatic carbocycles. The third-order valence-electron chi connectivity index (χ3n) is 3.15. The average Bonchev–Trinajstić information content (AvgIpc) is 2.85. The zero-order valence-corrected chi connectivity index (χ0v) is 11.7. The second kappa shape index (κ2) is 6.23. The van der Waals surface area contributed by atoms with E-state index in [2.05, 4.69) is 11.9 Å². The second-order valence-electron chi connectivity index (χ2n) is 4.60. The molecule has 0 bridgehead atoms. The van der Waals surface area contributed by atoms with Crippen molar-refractivity contribution in [2.24, 2.45) is 0 Å². The monoisotopic (exact) mass is 274 g/mol. The van der Waals surface area contributed by atoms with Crippen LogP contribution in [0.5, 0.6) is 5.75 Å². The van der Waals surface area contributed by atoms with Crippen molar-refractivity contribution in [3.8, 4) is 5.75 Å². The second-order valence-corrected chi connectivity index (χ2v) is 4.60. The Balaban J connectivity index is 2.13. The first-order valence-corrected chi connectivity index (χ1v) is 6.58. The fraction of sp³-hybridized carbons (Fsp3) is 0.333. The van der Waals surface area contributed by atoms with E-state index in [0.717, 1.165) is 18.7 Å². The van der Waals surface area contributed by atoms with E-state index in [1.807, 2.05) is 4.57 Å². The number of hydrogen-bond donors (Lipinski definition) is 1. The molecule has 106 valence electrons. The summed E-state index contributed by atoms with van der Waals surface area (Å²) in [6, 6.07) is 5.04. The smallest absolute Gasteiger partial charge is 0.336 e. The third kappa shape index (κ3) is 2.99. The summed E-state index contributed by atoms with van der Waals surface area (Å²) in [5, 5.41) is 9.09. The van der Waals surface area contributed by atoms with Crippen molar-refractivity contribution in [3.63, 3.8) is 0 Å². The van der Waals surface area contributed by atoms with Gasteiger partial charge in [-0.1, -0.05) is 13.0 Å². The highest BCUT2D eigenvalue weighted by atomic mass is 16.5. The maximum absolute atomic E-state index is 11.1. The number of carbonyl (C=O) groups is 1. The van der Waals surface area contributed by atoms with Crippen LogP contribution in [-0.4, -0.2) is 20.6 Å². The molecular formula is C15H18N2O3. The van der Waals surface area contributed by atoms with E-state index in [-0.39, 0.29) is 5.56 Å². The normalized spacial score (nSPS) is 10.5. The van der Waals surface area contributed by atoms with Crippen molar-refractivity contribution in [3.05, 3.63) is 47.5 Å². The Labute approximate surface area is 117 Å². The minimum Gasteiger partial charge on any atom is -0.487 e. The Kier molecular flexibility index (Phi) is 4.40. The van der Waals surface area contributed by atoms with Crippen LogP contribution in [0.4, 0.5) is 0 Å². The highest BCUT2D eigenvalue weighted by molar-refractivity contribution is 5.90. The number of hydrogen-bond acceptors (Lipinski definition) is 3. The number of nitrogens with zero attached hydrogens (tertiary/aromatic N) is 2. The molecular weight excluding hydrogens is 256 g/mol. The van der Waals surface area contributed by atoms with Crippen molar-refractivity contribution < 1.29 is 14.6 Å². The van der Waals surface area contributed by atoms with Gasteiger partial charge in [0.2, 0.25) is 0 Å². The van der Waals surface area contributed by atoms with E-state index < -0.39 is 5.97 Å². The van der Waals surface area contributed by atoms with Gasteiger partial charge in [0.15, 0.2) is 0 Å². The summed E-state index contributed by atoms with van der Waals surface area (Å²) < 4.78 is 7.77. The van der Waals surface area contributed by atoms with Crippen LogP contribution in [0.1, 0.15) is 35.0 Å². The molecule has 0 unspecified atom stereocenters. The third-order valence-corrected chi connectivity index (χ3v) is 3.15. The SMILES string of the molecule is CCCn1cncc1COc1cccc(C(=O)O)c1C. The minimum absolute atomic E-state index is 0.268. The quantitative estimate of drug-likeness (QED) is 0.879. The summed E-state index contributed by atoms with van der Waals surface area (Å²) in [5.41, 5.74) is 1.89. The first-order valence-electron chi connectivity index (χ1n) is 6.58. The van der Waals surface area contributed by atoms with Gasteiger partial charge >= 0.3 is 5.97 Å². The molecule has 1 aromatic heterocycles. The van der Waals surface area contributed by atoms with Crippen LogP contribution >= 0.6 is 0 Å². The molecule has 0 aliphatic heterocycles. The van der Waals surface area contributed by atoms with E-state index in [4.69, 9.17) is 9.84 Å². The fourth-order valence-corrected chi connectivity index (χ4v) is 2.06. The first kappa shape index (κ1) is 14.1. The molecule has 0 saturated carbocycles. The number of aromatic nitrogens is 2. The first-order chi connectivity index (χ1) is 9.63. The molecule has 20 heavy (non-hydrogen) atoms. The number of aromatic carboxylic acids is 1. The highest BCUT2D eigenvalue weighted by Crippen LogP contribution is 2.22. The highest BCUT2D eigenvalue weighted by Gasteiger charge is 2.11. The molecule has 0 atom stereocenters. The van der Waals surface area contributed by atoms with E-state index in [1.165, 1.54) is 0 Å². The summed E-state index contributed by atoms with van der Waals surface area (Å²) in [5.74, 6) is -0.349. The van der Waals surface area contributed by atoms with Gasteiger partial charge in [-0.15, -0.1) is 0 Å². The Morgan fingerprint density at radius 3 is 2.95 bits per heavy atom. The summed E-state index contributed by atoms with van der Waals surface area (Å²) in [7, 11) is 0. The van der Waals surface area contributed by atoms with Crippen LogP contribution in [0.3, 0.4) is 0 Å². The lowest BCUT2D eigenvalue weighted by Crippen LogP contribution is -2.07. The van der Waals surface area contributed by atoms with Gasteiger partial charge in [-0.2, -0.15) is 0 Å². The molecule has 0 saturated heterocycles. The number of aryl methyl sites for hydroxylation is 1. The molecule has 2 aromatic rings. The van der Waals surface area contributed by atoms with Crippen LogP contribution in [0.15, 0.2) is 30.7 Å². The maximum atomic E-state index is 11.1. The molecule has 0 spiro atoms. The fourth-order valence-electron chi connectivity index (χ4n) is 2.06. The molecule has 0 radical (unpaired) electrons. The molecule has 1 N–H and O–H groups in total. The van der Waals surface area contributed by atoms with Gasteiger partial charge < -0.3 is 14.4 Å². The molecule has 0 aliphatic carbocycles. The predicted molar refractivity (Wildman–Crippen MR) is 75.0 cm³/mol. The van der Waals surface area contributed by atoms with Crippen LogP contribution in [-0.2, 0) is 13.2 Å². The van der Waals surface area contributed by atoms with Crippen molar-refractivity contribution in [2.45, 2.75) is 33.4 Å². The topological polar surface area (TPSA) is 64.4 Å². The van der Waals surface area contributed by atoms with Gasteiger partial charge in [0.05, 0.1) is 23.8 Å². The van der Waals surface area contributed by atoms with E-state index in [9.17, 15) is 4.79 Å². The Morgan fingerprint density at radius 2 is 2.25 bits per heavy atom. The number of carboxylic acid groups (broad SMARTS) is 1. The largest absolute Gasteiger partial charge is 0.487 e. The number of ether oxygens (including phenoxy) is 1. The lowest BCUT2D eigenvalue weighted by atomic mass is 10.1. The van der Waals surface area contributed by atoms with Crippen LogP contribution in [0.2, 0.25) is 0 Å². The molecule has 2 rings (SSSR count). The summed E-state index contributed by atoms with van der Waals surface area (Å²) in [6.45, 7) is 5.13. The number of rotatable bonds is 6. The Morgan fingerprint density at radius 1 is 1.45 bits per heavy atom. The molecule has 0 amide bonds. The number of benzene rings is 1. The zero-order valence-electron chi connectivity index (χ0n) is 11.7. The van der Waals surface area contributed by atoms with Gasteiger partial charge in [0.1, 0.15) is 12.4 Å². The zero-order chi connectivity index (χ0) is 14.5. The average molecular weight is 274 g/mol. The van der Waals surface area contributed by atoms with Crippen LogP contribution < -0.4 is 4.74 Å². The van der Waals surface area contributed by atoms with Crippen molar-refractivity contribution in [2.75, 3.05) is 0 Å². The van der Waals surface area contributed by atoms with Crippen LogP contribution in [0.25, 0.3) is 0 Å². The number of carboxylic acids is 1. The lowest BCUT2D eigenvalue weighted by Gasteiger charge is -2.12. The van der Waals surface area contributed by atoms with E-state index in [1.54, 1.807) is 37.6 Å². The minimum atomic E-state index is -0.941. The predicted octanol–water partition coefficient (Wildman–Crippen LogP) is 2.88. The maximum Gasteiger partial charge on any atom is 0.336 e. The molecule has 0 fully saturated rings. The van der Waals surface area contributed by atoms with Crippen molar-refractivity contribution in [1.29, 1.82) is 0 Å². The molecule has 5 nitrogen and oxygen atoms in total. The Bertz CT molecular complexity index is 605. The summed E-state index contributed by atoms with van der Waals surface area (Å²) in [4.78, 5) is 15.2. The molecule has 0 aliphatic rings. The van der Waals surface area contributed by atoms with E-state index >= 15 is 0 Å². The standard InChI is InChI=1S/C15H18N2O3/c1-3-7-17-10-16-8-12(17)9-20-14-6-4-5-13(11(14)2)15(18)19/h4-6,8,10H,3,7,9H2,1-2H3,(H,18,19). The van der Waals surface area contributed by atoms with Gasteiger partial charge in [-0.25, -0.2) is 9.78 Å². The van der Waals surface area contributed by atoms with Gasteiger partial charge in [-0.3, -0.25) is 0 Å². The molecule has 5 heteroatoms. The Hall–Kier alpha value is -2.30.